The molecule has 0 aliphatic rings. The summed E-state index contributed by atoms with van der Waals surface area (Å²) in [5.41, 5.74) is 6.88. The van der Waals surface area contributed by atoms with Gasteiger partial charge in [0.05, 0.1) is 12.3 Å². The predicted octanol–water partition coefficient (Wildman–Crippen LogP) is 1.85. The highest BCUT2D eigenvalue weighted by Gasteiger charge is 2.26. The number of nitrogens with one attached hydrogen (secondary N) is 3. The van der Waals surface area contributed by atoms with Crippen LogP contribution in [0.2, 0.25) is 0 Å². The van der Waals surface area contributed by atoms with Crippen LogP contribution in [0.1, 0.15) is 59.4 Å². The van der Waals surface area contributed by atoms with Crippen LogP contribution in [0.25, 0.3) is 0 Å². The van der Waals surface area contributed by atoms with E-state index in [4.69, 9.17) is 5.73 Å². The summed E-state index contributed by atoms with van der Waals surface area (Å²) in [6.45, 7) is 9.60. The van der Waals surface area contributed by atoms with Gasteiger partial charge < -0.3 is 26.8 Å². The van der Waals surface area contributed by atoms with Crippen molar-refractivity contribution in [1.29, 1.82) is 0 Å². The number of hydrogen-bond donors (Lipinski definition) is 5. The molecule has 0 heterocycles. The van der Waals surface area contributed by atoms with Gasteiger partial charge in [-0.3, -0.25) is 19.2 Å². The summed E-state index contributed by atoms with van der Waals surface area (Å²) in [6, 6.07) is 8.09. The maximum atomic E-state index is 12.8. The lowest BCUT2D eigenvalue weighted by Crippen LogP contribution is -2.47. The molecule has 4 atom stereocenters. The third-order valence-corrected chi connectivity index (χ3v) is 5.93. The number of hydrogen-bond acceptors (Lipinski definition) is 5. The van der Waals surface area contributed by atoms with E-state index in [2.05, 4.69) is 16.0 Å². The minimum Gasteiger partial charge on any atom is -0.481 e. The number of aliphatic carboxylic acids is 1. The van der Waals surface area contributed by atoms with Crippen LogP contribution in [0.5, 0.6) is 0 Å². The van der Waals surface area contributed by atoms with Crippen molar-refractivity contribution in [3.63, 3.8) is 0 Å². The zero-order chi connectivity index (χ0) is 26.5. The number of carboxylic acids is 1. The van der Waals surface area contributed by atoms with Crippen LogP contribution >= 0.6 is 0 Å². The average molecular weight is 491 g/mol. The molecule has 0 spiro atoms. The first kappa shape index (κ1) is 30.1. The first-order valence-electron chi connectivity index (χ1n) is 12.3. The second-order valence-corrected chi connectivity index (χ2v) is 9.93. The zero-order valence-electron chi connectivity index (χ0n) is 21.5. The monoisotopic (exact) mass is 490 g/mol. The lowest BCUT2D eigenvalue weighted by molar-refractivity contribution is -0.137. The van der Waals surface area contributed by atoms with Gasteiger partial charge in [0, 0.05) is 37.5 Å². The van der Waals surface area contributed by atoms with Crippen LogP contribution in [0.3, 0.4) is 0 Å². The Bertz CT molecular complexity index is 828. The molecule has 1 aromatic rings. The Hall–Kier alpha value is -2.94. The molecule has 196 valence electrons. The molecule has 6 N–H and O–H groups in total. The van der Waals surface area contributed by atoms with E-state index in [1.807, 2.05) is 58.0 Å². The highest BCUT2D eigenvalue weighted by atomic mass is 16.4. The predicted molar refractivity (Wildman–Crippen MR) is 135 cm³/mol. The summed E-state index contributed by atoms with van der Waals surface area (Å²) >= 11 is 0. The Morgan fingerprint density at radius 3 is 2.03 bits per heavy atom. The minimum atomic E-state index is -0.997. The first-order valence-corrected chi connectivity index (χ1v) is 12.3. The van der Waals surface area contributed by atoms with E-state index in [1.165, 1.54) is 0 Å². The van der Waals surface area contributed by atoms with E-state index >= 15 is 0 Å². The van der Waals surface area contributed by atoms with E-state index in [1.54, 1.807) is 6.92 Å². The molecule has 3 amide bonds. The average Bonchev–Trinajstić information content (AvgIpc) is 2.73. The second-order valence-electron chi connectivity index (χ2n) is 9.93. The van der Waals surface area contributed by atoms with Gasteiger partial charge in [0.1, 0.15) is 0 Å². The van der Waals surface area contributed by atoms with Gasteiger partial charge in [-0.1, -0.05) is 58.0 Å². The summed E-state index contributed by atoms with van der Waals surface area (Å²) < 4.78 is 0. The SMILES string of the molecule is CC(C)[C@H](N)CC(=O)NC[C@H](C(=O)N[C@H](C)CC(=O)N[C@H](CC(=O)O)Cc1ccccc1)C(C)C. The molecule has 0 saturated carbocycles. The van der Waals surface area contributed by atoms with E-state index in [0.717, 1.165) is 5.56 Å². The number of carbonyl (C=O) groups excluding carboxylic acids is 3. The highest BCUT2D eigenvalue weighted by Crippen LogP contribution is 2.12. The van der Waals surface area contributed by atoms with Crippen molar-refractivity contribution in [2.75, 3.05) is 6.54 Å². The maximum Gasteiger partial charge on any atom is 0.305 e. The Labute approximate surface area is 208 Å². The summed E-state index contributed by atoms with van der Waals surface area (Å²) in [7, 11) is 0. The van der Waals surface area contributed by atoms with Crippen LogP contribution in [-0.4, -0.2) is 53.5 Å². The summed E-state index contributed by atoms with van der Waals surface area (Å²) in [4.78, 5) is 48.8. The Balaban J connectivity index is 2.61. The number of carboxylic acid groups (broad SMARTS) is 1. The number of benzene rings is 1. The fraction of sp³-hybridized carbons (Fsp3) is 0.615. The van der Waals surface area contributed by atoms with E-state index < -0.39 is 24.0 Å². The van der Waals surface area contributed by atoms with Gasteiger partial charge in [0.2, 0.25) is 17.7 Å². The standard InChI is InChI=1S/C26H42N4O5/c1-16(2)21(15-28-23(31)14-22(27)17(3)4)26(35)29-18(5)11-24(32)30-20(13-25(33)34)12-19-9-7-6-8-10-19/h6-10,16-18,20-22H,11-15,27H2,1-5H3,(H,28,31)(H,29,35)(H,30,32)(H,33,34)/t18-,20+,21+,22-/m1/s1. The Kier molecular flexibility index (Phi) is 13.0. The Morgan fingerprint density at radius 1 is 0.857 bits per heavy atom. The molecule has 0 aliphatic carbocycles. The van der Waals surface area contributed by atoms with Crippen molar-refractivity contribution in [3.05, 3.63) is 35.9 Å². The maximum absolute atomic E-state index is 12.8. The molecule has 0 aromatic heterocycles. The Morgan fingerprint density at radius 2 is 1.49 bits per heavy atom. The number of rotatable bonds is 15. The van der Waals surface area contributed by atoms with Crippen molar-refractivity contribution in [2.45, 2.75) is 78.4 Å². The van der Waals surface area contributed by atoms with Crippen molar-refractivity contribution >= 4 is 23.7 Å². The number of nitrogens with two attached hydrogens (primary N) is 1. The van der Waals surface area contributed by atoms with Gasteiger partial charge in [0.15, 0.2) is 0 Å². The molecule has 1 rings (SSSR count). The third-order valence-electron chi connectivity index (χ3n) is 5.93. The summed E-state index contributed by atoms with van der Waals surface area (Å²) in [5, 5.41) is 17.6. The number of carbonyl (C=O) groups is 4. The van der Waals surface area contributed by atoms with Crippen molar-refractivity contribution in [2.24, 2.45) is 23.5 Å². The van der Waals surface area contributed by atoms with Gasteiger partial charge in [-0.2, -0.15) is 0 Å². The molecule has 9 nitrogen and oxygen atoms in total. The van der Waals surface area contributed by atoms with Crippen LogP contribution in [0.4, 0.5) is 0 Å². The van der Waals surface area contributed by atoms with Gasteiger partial charge in [-0.15, -0.1) is 0 Å². The van der Waals surface area contributed by atoms with E-state index in [9.17, 15) is 24.3 Å². The quantitative estimate of drug-likeness (QED) is 0.253. The molecule has 9 heteroatoms. The molecular formula is C26H42N4O5. The molecular weight excluding hydrogens is 448 g/mol. The molecule has 0 bridgehead atoms. The van der Waals surface area contributed by atoms with Gasteiger partial charge in [-0.05, 0) is 30.7 Å². The molecule has 35 heavy (non-hydrogen) atoms. The largest absolute Gasteiger partial charge is 0.481 e. The fourth-order valence-electron chi connectivity index (χ4n) is 3.63. The molecule has 1 aromatic carbocycles. The molecule has 0 saturated heterocycles. The van der Waals surface area contributed by atoms with Gasteiger partial charge >= 0.3 is 5.97 Å². The molecule has 0 aliphatic heterocycles. The number of amides is 3. The van der Waals surface area contributed by atoms with Crippen molar-refractivity contribution in [1.82, 2.24) is 16.0 Å². The smallest absolute Gasteiger partial charge is 0.305 e. The van der Waals surface area contributed by atoms with Crippen LogP contribution in [0, 0.1) is 17.8 Å². The lowest BCUT2D eigenvalue weighted by Gasteiger charge is -2.24. The topological polar surface area (TPSA) is 151 Å². The zero-order valence-corrected chi connectivity index (χ0v) is 21.5. The molecule has 0 radical (unpaired) electrons. The lowest BCUT2D eigenvalue weighted by atomic mass is 9.94. The van der Waals surface area contributed by atoms with Crippen molar-refractivity contribution < 1.29 is 24.3 Å². The van der Waals surface area contributed by atoms with Gasteiger partial charge in [-0.25, -0.2) is 0 Å². The van der Waals surface area contributed by atoms with Crippen LogP contribution in [0.15, 0.2) is 30.3 Å². The molecule has 0 fully saturated rings. The van der Waals surface area contributed by atoms with Crippen LogP contribution < -0.4 is 21.7 Å². The first-order chi connectivity index (χ1) is 16.4. The van der Waals surface area contributed by atoms with Crippen LogP contribution in [-0.2, 0) is 25.6 Å². The fourth-order valence-corrected chi connectivity index (χ4v) is 3.63. The molecule has 0 unspecified atom stereocenters. The second kappa shape index (κ2) is 15.1. The normalized spacial score (nSPS) is 14.6. The van der Waals surface area contributed by atoms with E-state index in [0.29, 0.717) is 6.42 Å². The van der Waals surface area contributed by atoms with E-state index in [-0.39, 0.29) is 61.4 Å². The highest BCUT2D eigenvalue weighted by molar-refractivity contribution is 5.83. The van der Waals surface area contributed by atoms with Gasteiger partial charge in [0.25, 0.3) is 0 Å². The van der Waals surface area contributed by atoms with Crippen molar-refractivity contribution in [3.8, 4) is 0 Å². The third kappa shape index (κ3) is 12.4. The summed E-state index contributed by atoms with van der Waals surface area (Å²) in [6.07, 6.45) is 0.407. The summed E-state index contributed by atoms with van der Waals surface area (Å²) in [5.74, 6) is -2.08. The minimum absolute atomic E-state index is 0.0110.